The fourth-order valence-corrected chi connectivity index (χ4v) is 4.30. The van der Waals surface area contributed by atoms with Crippen LogP contribution >= 0.6 is 0 Å². The SMILES string of the molecule is O=C(C[C@@H]1CN(C2CCCC2)Cc2ccnn21)NCCc1ccncc1. The summed E-state index contributed by atoms with van der Waals surface area (Å²) in [5.74, 6) is 0.110. The van der Waals surface area contributed by atoms with E-state index >= 15 is 0 Å². The summed E-state index contributed by atoms with van der Waals surface area (Å²) in [4.78, 5) is 19.1. The van der Waals surface area contributed by atoms with Crippen LogP contribution in [0, 0.1) is 0 Å². The summed E-state index contributed by atoms with van der Waals surface area (Å²) < 4.78 is 2.06. The molecular formula is C20H27N5O. The largest absolute Gasteiger partial charge is 0.356 e. The van der Waals surface area contributed by atoms with Gasteiger partial charge in [0.25, 0.3) is 0 Å². The third kappa shape index (κ3) is 3.96. The van der Waals surface area contributed by atoms with Crippen LogP contribution in [0.5, 0.6) is 0 Å². The minimum absolute atomic E-state index is 0.110. The Bertz CT molecular complexity index is 723. The number of carbonyl (C=O) groups excluding carboxylic acids is 1. The standard InChI is InChI=1S/C20H27N5O/c26-20(22-11-7-16-5-9-21-10-6-16)13-19-15-24(17-3-1-2-4-17)14-18-8-12-23-25(18)19/h5-6,8-10,12,17,19H,1-4,7,11,13-15H2,(H,22,26)/t19-/m1/s1. The quantitative estimate of drug-likeness (QED) is 0.866. The van der Waals surface area contributed by atoms with Gasteiger partial charge in [-0.25, -0.2) is 0 Å². The second-order valence-electron chi connectivity index (χ2n) is 7.45. The zero-order valence-electron chi connectivity index (χ0n) is 15.2. The van der Waals surface area contributed by atoms with Crippen molar-refractivity contribution in [3.8, 4) is 0 Å². The highest BCUT2D eigenvalue weighted by molar-refractivity contribution is 5.76. The lowest BCUT2D eigenvalue weighted by Gasteiger charge is -2.37. The maximum Gasteiger partial charge on any atom is 0.222 e. The van der Waals surface area contributed by atoms with E-state index in [1.165, 1.54) is 36.9 Å². The Labute approximate surface area is 154 Å². The fourth-order valence-electron chi connectivity index (χ4n) is 4.30. The van der Waals surface area contributed by atoms with Crippen LogP contribution in [0.4, 0.5) is 0 Å². The number of nitrogens with one attached hydrogen (secondary N) is 1. The smallest absolute Gasteiger partial charge is 0.222 e. The molecule has 6 heteroatoms. The van der Waals surface area contributed by atoms with Crippen LogP contribution in [-0.4, -0.2) is 44.7 Å². The molecule has 2 aliphatic rings. The molecule has 3 heterocycles. The van der Waals surface area contributed by atoms with Crippen molar-refractivity contribution in [1.29, 1.82) is 0 Å². The first kappa shape index (κ1) is 17.2. The Morgan fingerprint density at radius 2 is 1.96 bits per heavy atom. The maximum atomic E-state index is 12.5. The Morgan fingerprint density at radius 3 is 2.77 bits per heavy atom. The predicted molar refractivity (Wildman–Crippen MR) is 99.5 cm³/mol. The summed E-state index contributed by atoms with van der Waals surface area (Å²) in [6.45, 7) is 2.55. The fraction of sp³-hybridized carbons (Fsp3) is 0.550. The zero-order chi connectivity index (χ0) is 17.8. The number of nitrogens with zero attached hydrogens (tertiary/aromatic N) is 4. The molecule has 0 bridgehead atoms. The van der Waals surface area contributed by atoms with Crippen molar-refractivity contribution in [1.82, 2.24) is 25.0 Å². The molecule has 0 unspecified atom stereocenters. The average Bonchev–Trinajstić information content (AvgIpc) is 3.34. The Morgan fingerprint density at radius 1 is 1.15 bits per heavy atom. The number of fused-ring (bicyclic) bond motifs is 1. The van der Waals surface area contributed by atoms with Crippen molar-refractivity contribution < 1.29 is 4.79 Å². The van der Waals surface area contributed by atoms with Gasteiger partial charge in [-0.05, 0) is 43.0 Å². The minimum Gasteiger partial charge on any atom is -0.356 e. The van der Waals surface area contributed by atoms with Gasteiger partial charge in [-0.1, -0.05) is 12.8 Å². The van der Waals surface area contributed by atoms with E-state index in [-0.39, 0.29) is 11.9 Å². The first-order valence-corrected chi connectivity index (χ1v) is 9.71. The topological polar surface area (TPSA) is 63.1 Å². The lowest BCUT2D eigenvalue weighted by Crippen LogP contribution is -2.44. The number of carbonyl (C=O) groups is 1. The highest BCUT2D eigenvalue weighted by Gasteiger charge is 2.32. The summed E-state index contributed by atoms with van der Waals surface area (Å²) in [5, 5.41) is 7.55. The normalized spacial score (nSPS) is 20.8. The summed E-state index contributed by atoms with van der Waals surface area (Å²) >= 11 is 0. The Kier molecular flexibility index (Phi) is 5.29. The van der Waals surface area contributed by atoms with Gasteiger partial charge in [0.2, 0.25) is 5.91 Å². The van der Waals surface area contributed by atoms with Crippen LogP contribution in [0.1, 0.15) is 49.4 Å². The number of hydrogen-bond donors (Lipinski definition) is 1. The summed E-state index contributed by atoms with van der Waals surface area (Å²) in [5.41, 5.74) is 2.43. The first-order chi connectivity index (χ1) is 12.8. The van der Waals surface area contributed by atoms with Crippen LogP contribution < -0.4 is 5.32 Å². The highest BCUT2D eigenvalue weighted by Crippen LogP contribution is 2.30. The van der Waals surface area contributed by atoms with E-state index in [9.17, 15) is 4.79 Å². The number of amides is 1. The van der Waals surface area contributed by atoms with Crippen molar-refractivity contribution in [3.05, 3.63) is 48.0 Å². The van der Waals surface area contributed by atoms with E-state index in [1.807, 2.05) is 18.3 Å². The lowest BCUT2D eigenvalue weighted by atomic mass is 10.1. The van der Waals surface area contributed by atoms with Crippen LogP contribution in [-0.2, 0) is 17.8 Å². The highest BCUT2D eigenvalue weighted by atomic mass is 16.1. The number of rotatable bonds is 6. The minimum atomic E-state index is 0.110. The van der Waals surface area contributed by atoms with Crippen LogP contribution in [0.15, 0.2) is 36.8 Å². The van der Waals surface area contributed by atoms with Crippen molar-refractivity contribution >= 4 is 5.91 Å². The first-order valence-electron chi connectivity index (χ1n) is 9.71. The van der Waals surface area contributed by atoms with Gasteiger partial charge in [0.15, 0.2) is 0 Å². The van der Waals surface area contributed by atoms with Crippen LogP contribution in [0.25, 0.3) is 0 Å². The summed E-state index contributed by atoms with van der Waals surface area (Å²) in [7, 11) is 0. The van der Waals surface area contributed by atoms with Gasteiger partial charge in [-0.3, -0.25) is 19.4 Å². The van der Waals surface area contributed by atoms with E-state index in [2.05, 4.69) is 31.0 Å². The van der Waals surface area contributed by atoms with E-state index < -0.39 is 0 Å². The molecule has 0 saturated heterocycles. The van der Waals surface area contributed by atoms with Crippen molar-refractivity contribution in [2.24, 2.45) is 0 Å². The van der Waals surface area contributed by atoms with Crippen LogP contribution in [0.3, 0.4) is 0 Å². The molecule has 4 rings (SSSR count). The second kappa shape index (κ2) is 7.99. The lowest BCUT2D eigenvalue weighted by molar-refractivity contribution is -0.122. The molecule has 1 aliphatic heterocycles. The zero-order valence-corrected chi connectivity index (χ0v) is 15.2. The van der Waals surface area contributed by atoms with Gasteiger partial charge in [0.1, 0.15) is 0 Å². The van der Waals surface area contributed by atoms with Gasteiger partial charge in [-0.15, -0.1) is 0 Å². The van der Waals surface area contributed by atoms with E-state index in [1.54, 1.807) is 12.4 Å². The molecule has 1 aliphatic carbocycles. The maximum absolute atomic E-state index is 12.5. The molecule has 6 nitrogen and oxygen atoms in total. The molecule has 1 fully saturated rings. The molecule has 138 valence electrons. The Hall–Kier alpha value is -2.21. The molecule has 0 spiro atoms. The van der Waals surface area contributed by atoms with Gasteiger partial charge in [-0.2, -0.15) is 5.10 Å². The molecule has 1 amide bonds. The second-order valence-corrected chi connectivity index (χ2v) is 7.45. The van der Waals surface area contributed by atoms with E-state index in [4.69, 9.17) is 0 Å². The molecule has 0 aromatic carbocycles. The average molecular weight is 353 g/mol. The van der Waals surface area contributed by atoms with Gasteiger partial charge < -0.3 is 5.32 Å². The van der Waals surface area contributed by atoms with Crippen molar-refractivity contribution in [3.63, 3.8) is 0 Å². The van der Waals surface area contributed by atoms with E-state index in [0.29, 0.717) is 19.0 Å². The Balaban J connectivity index is 1.33. The van der Waals surface area contributed by atoms with Gasteiger partial charge >= 0.3 is 0 Å². The summed E-state index contributed by atoms with van der Waals surface area (Å²) in [6.07, 6.45) is 12.0. The van der Waals surface area contributed by atoms with Gasteiger partial charge in [0.05, 0.1) is 18.2 Å². The molecule has 2 aromatic rings. The van der Waals surface area contributed by atoms with E-state index in [0.717, 1.165) is 19.5 Å². The van der Waals surface area contributed by atoms with Gasteiger partial charge in [0, 0.05) is 44.3 Å². The van der Waals surface area contributed by atoms with Crippen molar-refractivity contribution in [2.75, 3.05) is 13.1 Å². The number of hydrogen-bond acceptors (Lipinski definition) is 4. The molecule has 26 heavy (non-hydrogen) atoms. The molecule has 2 aromatic heterocycles. The predicted octanol–water partition coefficient (Wildman–Crippen LogP) is 2.33. The molecule has 1 saturated carbocycles. The molecule has 0 radical (unpaired) electrons. The van der Waals surface area contributed by atoms with Crippen molar-refractivity contribution in [2.45, 2.75) is 57.2 Å². The monoisotopic (exact) mass is 353 g/mol. The number of aromatic nitrogens is 3. The van der Waals surface area contributed by atoms with Crippen LogP contribution in [0.2, 0.25) is 0 Å². The summed E-state index contributed by atoms with van der Waals surface area (Å²) in [6, 6.07) is 6.88. The third-order valence-corrected chi connectivity index (χ3v) is 5.66. The third-order valence-electron chi connectivity index (χ3n) is 5.66. The number of pyridine rings is 1. The molecular weight excluding hydrogens is 326 g/mol. The molecule has 1 N–H and O–H groups in total. The molecule has 1 atom stereocenters.